The minimum absolute atomic E-state index is 0.270. The van der Waals surface area contributed by atoms with Crippen molar-refractivity contribution in [1.82, 2.24) is 10.6 Å². The van der Waals surface area contributed by atoms with Crippen molar-refractivity contribution in [2.45, 2.75) is 18.9 Å². The number of ether oxygens (including phenoxy) is 1. The predicted octanol–water partition coefficient (Wildman–Crippen LogP) is 0.647. The van der Waals surface area contributed by atoms with Crippen LogP contribution in [-0.4, -0.2) is 46.6 Å². The van der Waals surface area contributed by atoms with E-state index in [-0.39, 0.29) is 6.04 Å². The van der Waals surface area contributed by atoms with Gasteiger partial charge in [-0.05, 0) is 36.1 Å². The molecule has 0 fully saturated rings. The Morgan fingerprint density at radius 2 is 1.93 bits per heavy atom. The molecule has 1 aliphatic carbocycles. The highest BCUT2D eigenvalue weighted by Crippen LogP contribution is 2.33. The second-order valence-electron chi connectivity index (χ2n) is 5.27. The smallest absolute Gasteiger partial charge is 0.414 e. The number of hydrogen-bond donors (Lipinski definition) is 5. The van der Waals surface area contributed by atoms with Crippen molar-refractivity contribution in [1.29, 1.82) is 0 Å². The third kappa shape index (κ3) is 8.04. The molecule has 9 nitrogen and oxygen atoms in total. The molecule has 0 heterocycles. The number of aryl methyl sites for hydroxylation is 1. The molecule has 27 heavy (non-hydrogen) atoms. The van der Waals surface area contributed by atoms with Crippen LogP contribution in [0.2, 0.25) is 0 Å². The second kappa shape index (κ2) is 11.3. The molecule has 1 aliphatic rings. The summed E-state index contributed by atoms with van der Waals surface area (Å²) in [7, 11) is 0. The third-order valence-corrected chi connectivity index (χ3v) is 3.45. The summed E-state index contributed by atoms with van der Waals surface area (Å²) in [4.78, 5) is 30.3. The van der Waals surface area contributed by atoms with E-state index in [1.54, 1.807) is 6.07 Å². The zero-order valence-electron chi connectivity index (χ0n) is 14.3. The lowest BCUT2D eigenvalue weighted by molar-refractivity contribution is -0.134. The lowest BCUT2D eigenvalue weighted by Gasteiger charge is -2.12. The molecule has 1 amide bonds. The van der Waals surface area contributed by atoms with Crippen molar-refractivity contribution in [3.05, 3.63) is 41.5 Å². The number of carbonyl (C=O) groups is 3. The van der Waals surface area contributed by atoms with Gasteiger partial charge in [-0.3, -0.25) is 10.6 Å². The van der Waals surface area contributed by atoms with Gasteiger partial charge in [0.05, 0.1) is 6.54 Å². The first-order chi connectivity index (χ1) is 12.9. The Morgan fingerprint density at radius 1 is 1.26 bits per heavy atom. The van der Waals surface area contributed by atoms with Crippen LogP contribution in [0.1, 0.15) is 23.6 Å². The van der Waals surface area contributed by atoms with Gasteiger partial charge in [0.2, 0.25) is 0 Å². The number of amides is 1. The molecule has 5 N–H and O–H groups in total. The number of rotatable bonds is 6. The molecule has 144 valence electrons. The van der Waals surface area contributed by atoms with Crippen LogP contribution in [0, 0.1) is 12.3 Å². The van der Waals surface area contributed by atoms with Gasteiger partial charge in [-0.1, -0.05) is 12.0 Å². The lowest BCUT2D eigenvalue weighted by atomic mass is 10.1. The molecule has 0 spiro atoms. The summed E-state index contributed by atoms with van der Waals surface area (Å²) in [5.74, 6) is 0.525. The van der Waals surface area contributed by atoms with Gasteiger partial charge in [0.15, 0.2) is 0 Å². The summed E-state index contributed by atoms with van der Waals surface area (Å²) < 4.78 is 5.03. The van der Waals surface area contributed by atoms with E-state index < -0.39 is 24.8 Å². The minimum Gasteiger partial charge on any atom is -0.478 e. The molecule has 2 rings (SSSR count). The molecular formula is C18H20N2O7. The molecule has 0 aliphatic heterocycles. The summed E-state index contributed by atoms with van der Waals surface area (Å²) in [6.07, 6.45) is 7.60. The summed E-state index contributed by atoms with van der Waals surface area (Å²) >= 11 is 0. The van der Waals surface area contributed by atoms with Crippen molar-refractivity contribution in [2.75, 3.05) is 13.3 Å². The van der Waals surface area contributed by atoms with Gasteiger partial charge in [-0.2, -0.15) is 0 Å². The Bertz CT molecular complexity index is 737. The fraction of sp³-hybridized carbons (Fsp3) is 0.278. The largest absolute Gasteiger partial charge is 0.478 e. The van der Waals surface area contributed by atoms with Gasteiger partial charge in [-0.15, -0.1) is 6.42 Å². The van der Waals surface area contributed by atoms with E-state index in [1.807, 2.05) is 12.1 Å². The summed E-state index contributed by atoms with van der Waals surface area (Å²) in [5.41, 5.74) is 2.36. The van der Waals surface area contributed by atoms with Gasteiger partial charge in [0, 0.05) is 18.2 Å². The number of terminal acetylenes is 1. The molecule has 0 saturated carbocycles. The van der Waals surface area contributed by atoms with Crippen molar-refractivity contribution in [2.24, 2.45) is 0 Å². The van der Waals surface area contributed by atoms with E-state index in [1.165, 1.54) is 5.56 Å². The van der Waals surface area contributed by atoms with Gasteiger partial charge in [-0.25, -0.2) is 14.4 Å². The highest BCUT2D eigenvalue weighted by Gasteiger charge is 2.22. The molecule has 1 aromatic carbocycles. The zero-order valence-corrected chi connectivity index (χ0v) is 14.3. The normalized spacial score (nSPS) is 14.4. The molecule has 1 atom stereocenters. The quantitative estimate of drug-likeness (QED) is 0.276. The number of nitrogens with one attached hydrogen (secondary N) is 2. The number of carboxylic acids is 2. The van der Waals surface area contributed by atoms with Crippen LogP contribution in [-0.2, 0) is 16.0 Å². The van der Waals surface area contributed by atoms with Crippen LogP contribution in [0.5, 0.6) is 5.75 Å². The maximum atomic E-state index is 11.2. The van der Waals surface area contributed by atoms with E-state index in [0.29, 0.717) is 24.4 Å². The van der Waals surface area contributed by atoms with E-state index in [9.17, 15) is 14.4 Å². The van der Waals surface area contributed by atoms with Gasteiger partial charge < -0.3 is 20.1 Å². The monoisotopic (exact) mass is 376 g/mol. The fourth-order valence-corrected chi connectivity index (χ4v) is 2.40. The average molecular weight is 376 g/mol. The SMILES string of the molecule is C#CCNC1CCc2cc(OC(=O)NCO)ccc21.O=C(O)/C=C/C(=O)O. The molecular weight excluding hydrogens is 356 g/mol. The molecule has 0 aromatic heterocycles. The van der Waals surface area contributed by atoms with Crippen molar-refractivity contribution in [3.63, 3.8) is 0 Å². The number of benzene rings is 1. The van der Waals surface area contributed by atoms with E-state index in [2.05, 4.69) is 16.6 Å². The van der Waals surface area contributed by atoms with Crippen molar-refractivity contribution < 1.29 is 34.4 Å². The highest BCUT2D eigenvalue weighted by molar-refractivity contribution is 5.89. The Balaban J connectivity index is 0.000000387. The average Bonchev–Trinajstić information content (AvgIpc) is 3.01. The summed E-state index contributed by atoms with van der Waals surface area (Å²) in [5, 5.41) is 29.6. The Morgan fingerprint density at radius 3 is 2.48 bits per heavy atom. The number of carboxylic acid groups (broad SMARTS) is 2. The second-order valence-corrected chi connectivity index (χ2v) is 5.27. The van der Waals surface area contributed by atoms with Crippen LogP contribution in [0.25, 0.3) is 0 Å². The van der Waals surface area contributed by atoms with Crippen LogP contribution in [0.15, 0.2) is 30.4 Å². The third-order valence-electron chi connectivity index (χ3n) is 3.45. The van der Waals surface area contributed by atoms with Crippen LogP contribution >= 0.6 is 0 Å². The molecule has 0 saturated heterocycles. The number of hydrogen-bond acceptors (Lipinski definition) is 6. The molecule has 9 heteroatoms. The van der Waals surface area contributed by atoms with Crippen molar-refractivity contribution in [3.8, 4) is 18.1 Å². The van der Waals surface area contributed by atoms with Gasteiger partial charge in [0.1, 0.15) is 12.5 Å². The highest BCUT2D eigenvalue weighted by atomic mass is 16.6. The number of aliphatic carboxylic acids is 2. The van der Waals surface area contributed by atoms with E-state index in [4.69, 9.17) is 26.5 Å². The maximum Gasteiger partial charge on any atom is 0.414 e. The minimum atomic E-state index is -1.26. The van der Waals surface area contributed by atoms with Crippen molar-refractivity contribution >= 4 is 18.0 Å². The maximum absolute atomic E-state index is 11.2. The molecule has 1 unspecified atom stereocenters. The molecule has 1 aromatic rings. The van der Waals surface area contributed by atoms with Gasteiger partial charge >= 0.3 is 18.0 Å². The summed E-state index contributed by atoms with van der Waals surface area (Å²) in [6.45, 7) is 0.100. The topological polar surface area (TPSA) is 145 Å². The Kier molecular flexibility index (Phi) is 9.08. The number of carbonyl (C=O) groups excluding carboxylic acids is 1. The number of aliphatic hydroxyl groups excluding tert-OH is 1. The molecule has 0 bridgehead atoms. The van der Waals surface area contributed by atoms with Crippen LogP contribution in [0.4, 0.5) is 4.79 Å². The fourth-order valence-electron chi connectivity index (χ4n) is 2.40. The standard InChI is InChI=1S/C14H16N2O3.C4H4O4/c1-2-7-15-13-6-3-10-8-11(4-5-12(10)13)19-14(18)16-9-17;5-3(6)1-2-4(7)8/h1,4-5,8,13,15,17H,3,6-7,9H2,(H,16,18);1-2H,(H,5,6)(H,7,8)/b;2-1+. The first-order valence-electron chi connectivity index (χ1n) is 7.87. The van der Waals surface area contributed by atoms with Crippen LogP contribution < -0.4 is 15.4 Å². The number of fused-ring (bicyclic) bond motifs is 1. The lowest BCUT2D eigenvalue weighted by Crippen LogP contribution is -2.27. The molecule has 0 radical (unpaired) electrons. The Hall–Kier alpha value is -3.35. The first kappa shape index (κ1) is 21.7. The van der Waals surface area contributed by atoms with Gasteiger partial charge in [0.25, 0.3) is 0 Å². The Labute approximate surface area is 155 Å². The number of aliphatic hydroxyl groups is 1. The predicted molar refractivity (Wildman–Crippen MR) is 95.0 cm³/mol. The van der Waals surface area contributed by atoms with E-state index >= 15 is 0 Å². The first-order valence-corrected chi connectivity index (χ1v) is 7.87. The summed E-state index contributed by atoms with van der Waals surface area (Å²) in [6, 6.07) is 5.81. The van der Waals surface area contributed by atoms with Crippen LogP contribution in [0.3, 0.4) is 0 Å². The zero-order chi connectivity index (χ0) is 20.2. The van der Waals surface area contributed by atoms with E-state index in [0.717, 1.165) is 18.4 Å².